The predicted octanol–water partition coefficient (Wildman–Crippen LogP) is 4.70. The van der Waals surface area contributed by atoms with Gasteiger partial charge >= 0.3 is 0 Å². The lowest BCUT2D eigenvalue weighted by Gasteiger charge is -2.19. The lowest BCUT2D eigenvalue weighted by atomic mass is 10.0. The minimum absolute atomic E-state index is 0.236. The fraction of sp³-hybridized carbons (Fsp3) is 0.207. The van der Waals surface area contributed by atoms with Crippen molar-refractivity contribution in [1.29, 1.82) is 0 Å². The number of benzene rings is 3. The van der Waals surface area contributed by atoms with Gasteiger partial charge in [0.15, 0.2) is 0 Å². The van der Waals surface area contributed by atoms with Crippen LogP contribution >= 0.6 is 11.3 Å². The molecule has 0 saturated heterocycles. The van der Waals surface area contributed by atoms with Crippen molar-refractivity contribution in [3.05, 3.63) is 100 Å². The van der Waals surface area contributed by atoms with Crippen LogP contribution in [0.5, 0.6) is 5.75 Å². The highest BCUT2D eigenvalue weighted by Crippen LogP contribution is 2.22. The van der Waals surface area contributed by atoms with Crippen LogP contribution in [-0.4, -0.2) is 43.0 Å². The van der Waals surface area contributed by atoms with Crippen molar-refractivity contribution in [3.63, 3.8) is 0 Å². The first-order valence-corrected chi connectivity index (χ1v) is 12.9. The van der Waals surface area contributed by atoms with Crippen molar-refractivity contribution in [3.8, 4) is 17.0 Å². The summed E-state index contributed by atoms with van der Waals surface area (Å²) in [5.41, 5.74) is 4.08. The average molecular weight is 515 g/mol. The number of aryl methyl sites for hydroxylation is 1. The smallest absolute Gasteiger partial charge is 0.251 e. The predicted molar refractivity (Wildman–Crippen MR) is 148 cm³/mol. The van der Waals surface area contributed by atoms with Gasteiger partial charge in [-0.2, -0.15) is 0 Å². The van der Waals surface area contributed by atoms with E-state index in [9.17, 15) is 9.59 Å². The Kier molecular flexibility index (Phi) is 8.89. The maximum Gasteiger partial charge on any atom is 0.251 e. The number of thiazole rings is 1. The Morgan fingerprint density at radius 2 is 1.76 bits per heavy atom. The number of methoxy groups -OCH3 is 1. The molecule has 1 unspecified atom stereocenters. The number of amides is 2. The normalized spacial score (nSPS) is 11.4. The summed E-state index contributed by atoms with van der Waals surface area (Å²) in [5.74, 6) is 0.242. The van der Waals surface area contributed by atoms with Crippen LogP contribution < -0.4 is 20.7 Å². The van der Waals surface area contributed by atoms with E-state index in [1.807, 2.05) is 79.0 Å². The summed E-state index contributed by atoms with van der Waals surface area (Å²) >= 11 is 1.56. The van der Waals surface area contributed by atoms with Crippen LogP contribution in [0.1, 0.15) is 20.9 Å². The summed E-state index contributed by atoms with van der Waals surface area (Å²) in [6.45, 7) is 2.90. The Hall–Kier alpha value is -4.17. The number of hydrogen-bond donors (Lipinski definition) is 3. The van der Waals surface area contributed by atoms with E-state index in [4.69, 9.17) is 4.74 Å². The van der Waals surface area contributed by atoms with Crippen LogP contribution in [0.15, 0.2) is 84.2 Å². The van der Waals surface area contributed by atoms with Gasteiger partial charge in [0.2, 0.25) is 5.91 Å². The minimum Gasteiger partial charge on any atom is -0.497 e. The molecule has 7 nitrogen and oxygen atoms in total. The fourth-order valence-electron chi connectivity index (χ4n) is 3.84. The zero-order valence-electron chi connectivity index (χ0n) is 20.9. The zero-order chi connectivity index (χ0) is 26.0. The van der Waals surface area contributed by atoms with Crippen LogP contribution in [0.25, 0.3) is 11.3 Å². The third-order valence-electron chi connectivity index (χ3n) is 5.79. The van der Waals surface area contributed by atoms with Gasteiger partial charge in [-0.25, -0.2) is 4.98 Å². The zero-order valence-corrected chi connectivity index (χ0v) is 21.7. The Morgan fingerprint density at radius 3 is 2.46 bits per heavy atom. The summed E-state index contributed by atoms with van der Waals surface area (Å²) in [6, 6.07) is 23.8. The molecule has 0 aliphatic rings. The molecular formula is C29H30N4O3S. The number of aromatic nitrogens is 1. The van der Waals surface area contributed by atoms with Gasteiger partial charge in [0.1, 0.15) is 11.8 Å². The van der Waals surface area contributed by atoms with Crippen molar-refractivity contribution < 1.29 is 14.3 Å². The monoisotopic (exact) mass is 514 g/mol. The maximum absolute atomic E-state index is 13.2. The second-order valence-electron chi connectivity index (χ2n) is 8.49. The molecule has 4 rings (SSSR count). The SMILES string of the molecule is COc1ccc(NCCNC(=O)C(Cc2ccccc2)NC(=O)c2cccc(-c3csc(C)n3)c2)cc1. The van der Waals surface area contributed by atoms with Crippen molar-refractivity contribution in [1.82, 2.24) is 15.6 Å². The molecule has 0 aliphatic heterocycles. The van der Waals surface area contributed by atoms with E-state index in [0.29, 0.717) is 25.1 Å². The number of carbonyl (C=O) groups excluding carboxylic acids is 2. The standard InChI is InChI=1S/C29H30N4O3S/c1-20-32-27(19-37-20)22-9-6-10-23(18-22)28(34)33-26(17-21-7-4-3-5-8-21)29(35)31-16-15-30-24-11-13-25(36-2)14-12-24/h3-14,18-19,26,30H,15-17H2,1-2H3,(H,31,35)(H,33,34). The Morgan fingerprint density at radius 1 is 0.973 bits per heavy atom. The van der Waals surface area contributed by atoms with Gasteiger partial charge in [0.05, 0.1) is 17.8 Å². The first-order valence-electron chi connectivity index (χ1n) is 12.0. The summed E-state index contributed by atoms with van der Waals surface area (Å²) in [4.78, 5) is 30.8. The number of hydrogen-bond acceptors (Lipinski definition) is 6. The number of nitrogens with zero attached hydrogens (tertiary/aromatic N) is 1. The van der Waals surface area contributed by atoms with Crippen LogP contribution in [-0.2, 0) is 11.2 Å². The fourth-order valence-corrected chi connectivity index (χ4v) is 4.46. The van der Waals surface area contributed by atoms with Crippen LogP contribution in [0, 0.1) is 6.92 Å². The number of carbonyl (C=O) groups is 2. The molecule has 0 fully saturated rings. The second kappa shape index (κ2) is 12.7. The van der Waals surface area contributed by atoms with E-state index in [-0.39, 0.29) is 11.8 Å². The molecule has 2 amide bonds. The number of rotatable bonds is 11. The molecule has 1 aromatic heterocycles. The Balaban J connectivity index is 1.39. The molecule has 0 aliphatic carbocycles. The third kappa shape index (κ3) is 7.41. The molecule has 1 heterocycles. The van der Waals surface area contributed by atoms with Gasteiger partial charge in [0.25, 0.3) is 5.91 Å². The van der Waals surface area contributed by atoms with E-state index in [1.165, 1.54) is 0 Å². The van der Waals surface area contributed by atoms with E-state index < -0.39 is 6.04 Å². The molecule has 190 valence electrons. The van der Waals surface area contributed by atoms with Gasteiger partial charge in [0, 0.05) is 41.7 Å². The Bertz CT molecular complexity index is 1320. The van der Waals surface area contributed by atoms with Gasteiger partial charge in [-0.1, -0.05) is 42.5 Å². The summed E-state index contributed by atoms with van der Waals surface area (Å²) in [7, 11) is 1.63. The molecule has 3 aromatic carbocycles. The topological polar surface area (TPSA) is 92.4 Å². The molecular weight excluding hydrogens is 484 g/mol. The second-order valence-corrected chi connectivity index (χ2v) is 9.56. The summed E-state index contributed by atoms with van der Waals surface area (Å²) < 4.78 is 5.17. The maximum atomic E-state index is 13.2. The van der Waals surface area contributed by atoms with Crippen LogP contribution in [0.4, 0.5) is 5.69 Å². The molecule has 4 aromatic rings. The van der Waals surface area contributed by atoms with E-state index in [0.717, 1.165) is 33.3 Å². The molecule has 37 heavy (non-hydrogen) atoms. The molecule has 8 heteroatoms. The molecule has 0 bridgehead atoms. The first-order chi connectivity index (χ1) is 18.0. The summed E-state index contributed by atoms with van der Waals surface area (Å²) in [5, 5.41) is 12.1. The molecule has 3 N–H and O–H groups in total. The number of nitrogens with one attached hydrogen (secondary N) is 3. The van der Waals surface area contributed by atoms with Crippen LogP contribution in [0.3, 0.4) is 0 Å². The average Bonchev–Trinajstić information content (AvgIpc) is 3.38. The first kappa shape index (κ1) is 25.9. The van der Waals surface area contributed by atoms with E-state index in [2.05, 4.69) is 20.9 Å². The van der Waals surface area contributed by atoms with Gasteiger partial charge < -0.3 is 20.7 Å². The minimum atomic E-state index is -0.721. The largest absolute Gasteiger partial charge is 0.497 e. The number of ether oxygens (including phenoxy) is 1. The molecule has 0 saturated carbocycles. The quantitative estimate of drug-likeness (QED) is 0.253. The van der Waals surface area contributed by atoms with Crippen LogP contribution in [0.2, 0.25) is 0 Å². The summed E-state index contributed by atoms with van der Waals surface area (Å²) in [6.07, 6.45) is 0.384. The highest BCUT2D eigenvalue weighted by molar-refractivity contribution is 7.09. The van der Waals surface area contributed by atoms with Crippen molar-refractivity contribution in [2.24, 2.45) is 0 Å². The van der Waals surface area contributed by atoms with E-state index >= 15 is 0 Å². The Labute approximate surface area is 220 Å². The van der Waals surface area contributed by atoms with Crippen molar-refractivity contribution in [2.75, 3.05) is 25.5 Å². The molecule has 1 atom stereocenters. The highest BCUT2D eigenvalue weighted by Gasteiger charge is 2.22. The molecule has 0 radical (unpaired) electrons. The lowest BCUT2D eigenvalue weighted by molar-refractivity contribution is -0.122. The molecule has 0 spiro atoms. The van der Waals surface area contributed by atoms with Gasteiger partial charge in [-0.15, -0.1) is 11.3 Å². The highest BCUT2D eigenvalue weighted by atomic mass is 32.1. The van der Waals surface area contributed by atoms with Crippen molar-refractivity contribution in [2.45, 2.75) is 19.4 Å². The lowest BCUT2D eigenvalue weighted by Crippen LogP contribution is -2.48. The van der Waals surface area contributed by atoms with Gasteiger partial charge in [-0.05, 0) is 48.9 Å². The van der Waals surface area contributed by atoms with Crippen molar-refractivity contribution >= 4 is 28.8 Å². The number of anilines is 1. The van der Waals surface area contributed by atoms with E-state index in [1.54, 1.807) is 30.6 Å². The van der Waals surface area contributed by atoms with Gasteiger partial charge in [-0.3, -0.25) is 9.59 Å². The third-order valence-corrected chi connectivity index (χ3v) is 6.56.